The molecule has 136 valence electrons. The van der Waals surface area contributed by atoms with Gasteiger partial charge >= 0.3 is 0 Å². The first-order valence-corrected chi connectivity index (χ1v) is 9.56. The predicted octanol–water partition coefficient (Wildman–Crippen LogP) is 5.18. The Bertz CT molecular complexity index is 873. The molecule has 4 nitrogen and oxygen atoms in total. The van der Waals surface area contributed by atoms with Crippen molar-refractivity contribution in [2.45, 2.75) is 39.5 Å². The van der Waals surface area contributed by atoms with Crippen LogP contribution in [0.4, 0.5) is 0 Å². The lowest BCUT2D eigenvalue weighted by Crippen LogP contribution is -2.22. The van der Waals surface area contributed by atoms with E-state index in [1.54, 1.807) is 6.21 Å². The number of carbonyl (C=O) groups excluding carboxylic acids is 1. The second-order valence-electron chi connectivity index (χ2n) is 7.73. The SMILES string of the molecule is Cc1ccc(Cl)cc1-c1ccc(/C=N\NC(=O)[C@H]2[C@@H]3CCCC[C@@]32C)o1. The summed E-state index contributed by atoms with van der Waals surface area (Å²) in [5, 5.41) is 4.76. The molecule has 1 aromatic carbocycles. The van der Waals surface area contributed by atoms with Crippen LogP contribution in [0.25, 0.3) is 11.3 Å². The third-order valence-electron chi connectivity index (χ3n) is 6.07. The Hall–Kier alpha value is -2.07. The molecule has 0 unspecified atom stereocenters. The van der Waals surface area contributed by atoms with Gasteiger partial charge in [-0.3, -0.25) is 4.79 Å². The number of nitrogens with zero attached hydrogens (tertiary/aromatic N) is 1. The van der Waals surface area contributed by atoms with Gasteiger partial charge in [0.25, 0.3) is 0 Å². The number of hydrogen-bond donors (Lipinski definition) is 1. The molecule has 1 aromatic heterocycles. The van der Waals surface area contributed by atoms with Crippen molar-refractivity contribution in [2.24, 2.45) is 22.4 Å². The highest BCUT2D eigenvalue weighted by Gasteiger charge is 2.64. The van der Waals surface area contributed by atoms with Crippen LogP contribution in [0.5, 0.6) is 0 Å². The average molecular weight is 371 g/mol. The van der Waals surface area contributed by atoms with Gasteiger partial charge in [0.05, 0.1) is 6.21 Å². The monoisotopic (exact) mass is 370 g/mol. The molecule has 0 saturated heterocycles. The maximum atomic E-state index is 12.4. The van der Waals surface area contributed by atoms with E-state index in [4.69, 9.17) is 16.0 Å². The van der Waals surface area contributed by atoms with Gasteiger partial charge in [0.1, 0.15) is 11.5 Å². The predicted molar refractivity (Wildman–Crippen MR) is 103 cm³/mol. The molecule has 1 amide bonds. The fourth-order valence-corrected chi connectivity index (χ4v) is 4.68. The van der Waals surface area contributed by atoms with E-state index in [2.05, 4.69) is 17.5 Å². The molecule has 2 aliphatic carbocycles. The van der Waals surface area contributed by atoms with Gasteiger partial charge in [-0.1, -0.05) is 37.4 Å². The quantitative estimate of drug-likeness (QED) is 0.595. The average Bonchev–Trinajstić information content (AvgIpc) is 2.98. The Kier molecular flexibility index (Phi) is 4.39. The Labute approximate surface area is 158 Å². The van der Waals surface area contributed by atoms with Crippen LogP contribution in [0, 0.1) is 24.2 Å². The third-order valence-corrected chi connectivity index (χ3v) is 6.31. The van der Waals surface area contributed by atoms with E-state index >= 15 is 0 Å². The number of furan rings is 1. The van der Waals surface area contributed by atoms with Crippen molar-refractivity contribution in [3.05, 3.63) is 46.7 Å². The molecule has 0 bridgehead atoms. The van der Waals surface area contributed by atoms with Gasteiger partial charge < -0.3 is 4.42 Å². The summed E-state index contributed by atoms with van der Waals surface area (Å²) in [6.45, 7) is 4.24. The standard InChI is InChI=1S/C21H23ClN2O2/c1-13-6-7-14(22)11-16(13)18-9-8-15(26-18)12-23-24-20(25)19-17-5-3-4-10-21(17,19)2/h6-9,11-12,17,19H,3-5,10H2,1-2H3,(H,24,25)/b23-12-/t17-,19+,21-/m0/s1. The second kappa shape index (κ2) is 6.58. The molecule has 2 aromatic rings. The summed E-state index contributed by atoms with van der Waals surface area (Å²) < 4.78 is 5.82. The van der Waals surface area contributed by atoms with Crippen molar-refractivity contribution in [3.63, 3.8) is 0 Å². The zero-order valence-electron chi connectivity index (χ0n) is 15.1. The van der Waals surface area contributed by atoms with E-state index in [1.165, 1.54) is 19.3 Å². The van der Waals surface area contributed by atoms with Crippen molar-refractivity contribution in [1.82, 2.24) is 5.43 Å². The Balaban J connectivity index is 1.40. The molecule has 1 heterocycles. The van der Waals surface area contributed by atoms with Gasteiger partial charge in [0, 0.05) is 16.5 Å². The number of amides is 1. The molecule has 3 atom stereocenters. The maximum Gasteiger partial charge on any atom is 0.244 e. The Morgan fingerprint density at radius 3 is 2.96 bits per heavy atom. The van der Waals surface area contributed by atoms with Crippen LogP contribution in [-0.2, 0) is 4.79 Å². The molecule has 5 heteroatoms. The van der Waals surface area contributed by atoms with Gasteiger partial charge in [-0.15, -0.1) is 0 Å². The number of rotatable bonds is 4. The van der Waals surface area contributed by atoms with Crippen LogP contribution >= 0.6 is 11.6 Å². The lowest BCUT2D eigenvalue weighted by Gasteiger charge is -2.15. The van der Waals surface area contributed by atoms with Crippen molar-refractivity contribution in [3.8, 4) is 11.3 Å². The van der Waals surface area contributed by atoms with Gasteiger partial charge in [-0.2, -0.15) is 5.10 Å². The summed E-state index contributed by atoms with van der Waals surface area (Å²) in [7, 11) is 0. The molecule has 0 radical (unpaired) electrons. The molecule has 1 N–H and O–H groups in total. The summed E-state index contributed by atoms with van der Waals surface area (Å²) in [6.07, 6.45) is 6.35. The van der Waals surface area contributed by atoms with E-state index in [0.717, 1.165) is 23.3 Å². The van der Waals surface area contributed by atoms with Crippen LogP contribution in [-0.4, -0.2) is 12.1 Å². The highest BCUT2D eigenvalue weighted by Crippen LogP contribution is 2.66. The number of hydrogen-bond acceptors (Lipinski definition) is 3. The molecule has 0 spiro atoms. The van der Waals surface area contributed by atoms with E-state index in [0.29, 0.717) is 16.7 Å². The smallest absolute Gasteiger partial charge is 0.244 e. The Morgan fingerprint density at radius 2 is 2.19 bits per heavy atom. The lowest BCUT2D eigenvalue weighted by molar-refractivity contribution is -0.123. The first-order valence-electron chi connectivity index (χ1n) is 9.18. The van der Waals surface area contributed by atoms with Gasteiger partial charge in [-0.25, -0.2) is 5.43 Å². The number of fused-ring (bicyclic) bond motifs is 1. The number of halogens is 1. The fourth-order valence-electron chi connectivity index (χ4n) is 4.51. The van der Waals surface area contributed by atoms with Crippen LogP contribution in [0.1, 0.15) is 43.9 Å². The summed E-state index contributed by atoms with van der Waals surface area (Å²) >= 11 is 6.08. The fraction of sp³-hybridized carbons (Fsp3) is 0.429. The van der Waals surface area contributed by atoms with Crippen LogP contribution < -0.4 is 5.43 Å². The minimum absolute atomic E-state index is 0.0353. The summed E-state index contributed by atoms with van der Waals surface area (Å²) in [5.74, 6) is 2.02. The number of carbonyl (C=O) groups is 1. The Morgan fingerprint density at radius 1 is 1.35 bits per heavy atom. The van der Waals surface area contributed by atoms with E-state index in [9.17, 15) is 4.79 Å². The topological polar surface area (TPSA) is 54.6 Å². The first kappa shape index (κ1) is 17.3. The first-order chi connectivity index (χ1) is 12.5. The van der Waals surface area contributed by atoms with E-state index in [1.807, 2.05) is 37.3 Å². The number of nitrogens with one attached hydrogen (secondary N) is 1. The molecule has 2 saturated carbocycles. The third kappa shape index (κ3) is 3.07. The summed E-state index contributed by atoms with van der Waals surface area (Å²) in [5.41, 5.74) is 4.93. The highest BCUT2D eigenvalue weighted by molar-refractivity contribution is 6.30. The largest absolute Gasteiger partial charge is 0.455 e. The second-order valence-corrected chi connectivity index (χ2v) is 8.17. The highest BCUT2D eigenvalue weighted by atomic mass is 35.5. The number of benzene rings is 1. The maximum absolute atomic E-state index is 12.4. The molecule has 0 aliphatic heterocycles. The van der Waals surface area contributed by atoms with Gasteiger partial charge in [-0.05, 0) is 60.9 Å². The van der Waals surface area contributed by atoms with Crippen LogP contribution in [0.3, 0.4) is 0 Å². The molecule has 4 rings (SSSR count). The van der Waals surface area contributed by atoms with Crippen LogP contribution in [0.15, 0.2) is 39.9 Å². The zero-order valence-corrected chi connectivity index (χ0v) is 15.8. The normalized spacial score (nSPS) is 27.3. The van der Waals surface area contributed by atoms with Crippen molar-refractivity contribution >= 4 is 23.7 Å². The molecular weight excluding hydrogens is 348 g/mol. The number of hydrazone groups is 1. The summed E-state index contributed by atoms with van der Waals surface area (Å²) in [6, 6.07) is 9.43. The lowest BCUT2D eigenvalue weighted by atomic mass is 9.90. The summed E-state index contributed by atoms with van der Waals surface area (Å²) in [4.78, 5) is 12.4. The number of aryl methyl sites for hydroxylation is 1. The zero-order chi connectivity index (χ0) is 18.3. The van der Waals surface area contributed by atoms with E-state index < -0.39 is 0 Å². The van der Waals surface area contributed by atoms with Crippen LogP contribution in [0.2, 0.25) is 5.02 Å². The molecular formula is C21H23ClN2O2. The molecule has 2 aliphatic rings. The minimum Gasteiger partial charge on any atom is -0.455 e. The molecule has 26 heavy (non-hydrogen) atoms. The van der Waals surface area contributed by atoms with Crippen molar-refractivity contribution in [1.29, 1.82) is 0 Å². The molecule has 2 fully saturated rings. The van der Waals surface area contributed by atoms with Gasteiger partial charge in [0.2, 0.25) is 5.91 Å². The van der Waals surface area contributed by atoms with Crippen molar-refractivity contribution in [2.75, 3.05) is 0 Å². The van der Waals surface area contributed by atoms with Crippen molar-refractivity contribution < 1.29 is 9.21 Å². The minimum atomic E-state index is 0.0353. The van der Waals surface area contributed by atoms with Gasteiger partial charge in [0.15, 0.2) is 0 Å². The van der Waals surface area contributed by atoms with E-state index in [-0.39, 0.29) is 17.2 Å².